The zero-order valence-electron chi connectivity index (χ0n) is 20.6. The van der Waals surface area contributed by atoms with E-state index in [1.165, 1.54) is 11.3 Å². The van der Waals surface area contributed by atoms with E-state index in [0.29, 0.717) is 49.3 Å². The Hall–Kier alpha value is -3.30. The van der Waals surface area contributed by atoms with Gasteiger partial charge >= 0.3 is 5.97 Å². The number of nitrogens with zero attached hydrogens (tertiary/aromatic N) is 3. The molecule has 0 spiro atoms. The smallest absolute Gasteiger partial charge is 0.307 e. The molecule has 2 heterocycles. The Balaban J connectivity index is 1.53. The topological polar surface area (TPSA) is 81.5 Å². The van der Waals surface area contributed by atoms with Crippen LogP contribution < -0.4 is 5.56 Å². The van der Waals surface area contributed by atoms with Crippen molar-refractivity contribution in [3.05, 3.63) is 97.8 Å². The van der Waals surface area contributed by atoms with Crippen molar-refractivity contribution >= 4 is 49.4 Å². The quantitative estimate of drug-likeness (QED) is 0.225. The maximum atomic E-state index is 13.3. The van der Waals surface area contributed by atoms with E-state index in [1.54, 1.807) is 28.5 Å². The largest absolute Gasteiger partial charge is 0.466 e. The molecule has 2 aromatic carbocycles. The zero-order valence-corrected chi connectivity index (χ0v) is 23.0. The number of halogens is 1. The van der Waals surface area contributed by atoms with Crippen molar-refractivity contribution in [1.82, 2.24) is 14.5 Å². The number of carbonyl (C=O) groups excluding carboxylic acids is 2. The van der Waals surface area contributed by atoms with Crippen LogP contribution in [0.2, 0.25) is 0 Å². The van der Waals surface area contributed by atoms with Gasteiger partial charge in [0.2, 0.25) is 0 Å². The number of hydrogen-bond acceptors (Lipinski definition) is 6. The summed E-state index contributed by atoms with van der Waals surface area (Å²) in [6, 6.07) is 18.8. The van der Waals surface area contributed by atoms with Crippen LogP contribution in [0.3, 0.4) is 0 Å². The summed E-state index contributed by atoms with van der Waals surface area (Å²) in [6.07, 6.45) is 1.22. The standard InChI is InChI=1S/C28H28BrN3O4S/c1-2-36-25(33)14-17-31(27(34)21-10-12-22(29)13-11-21)16-6-9-24-30-26-23(15-18-37-26)28(35)32(24)19-20-7-4-3-5-8-20/h3-5,7-8,10-13,15,18H,2,6,9,14,16-17,19H2,1H3. The maximum absolute atomic E-state index is 13.3. The third kappa shape index (κ3) is 6.93. The first-order valence-corrected chi connectivity index (χ1v) is 13.8. The molecule has 0 unspecified atom stereocenters. The summed E-state index contributed by atoms with van der Waals surface area (Å²) in [5.74, 6) is 0.197. The lowest BCUT2D eigenvalue weighted by Crippen LogP contribution is -2.35. The predicted octanol–water partition coefficient (Wildman–Crippen LogP) is 5.30. The summed E-state index contributed by atoms with van der Waals surface area (Å²) < 4.78 is 7.66. The summed E-state index contributed by atoms with van der Waals surface area (Å²) in [5, 5.41) is 2.50. The molecule has 0 N–H and O–H groups in total. The molecule has 0 atom stereocenters. The van der Waals surface area contributed by atoms with Crippen LogP contribution in [0.15, 0.2) is 75.3 Å². The van der Waals surface area contributed by atoms with E-state index in [1.807, 2.05) is 53.9 Å². The van der Waals surface area contributed by atoms with Gasteiger partial charge in [0.1, 0.15) is 10.7 Å². The van der Waals surface area contributed by atoms with Crippen LogP contribution in [0.1, 0.15) is 41.5 Å². The van der Waals surface area contributed by atoms with E-state index in [-0.39, 0.29) is 30.4 Å². The minimum atomic E-state index is -0.336. The van der Waals surface area contributed by atoms with Crippen LogP contribution in [0.25, 0.3) is 10.2 Å². The lowest BCUT2D eigenvalue weighted by Gasteiger charge is -2.23. The van der Waals surface area contributed by atoms with Crippen molar-refractivity contribution in [1.29, 1.82) is 0 Å². The molecule has 0 saturated heterocycles. The summed E-state index contributed by atoms with van der Waals surface area (Å²) in [7, 11) is 0. The molecule has 9 heteroatoms. The van der Waals surface area contributed by atoms with Crippen LogP contribution in [-0.2, 0) is 22.5 Å². The molecule has 0 bridgehead atoms. The third-order valence-corrected chi connectivity index (χ3v) is 7.28. The van der Waals surface area contributed by atoms with Crippen molar-refractivity contribution in [3.8, 4) is 0 Å². The first-order chi connectivity index (χ1) is 18.0. The molecule has 0 aliphatic rings. The van der Waals surface area contributed by atoms with Gasteiger partial charge in [-0.1, -0.05) is 46.3 Å². The molecular formula is C28H28BrN3O4S. The highest BCUT2D eigenvalue weighted by atomic mass is 79.9. The number of hydrogen-bond donors (Lipinski definition) is 0. The number of aryl methyl sites for hydroxylation is 1. The number of esters is 1. The predicted molar refractivity (Wildman–Crippen MR) is 149 cm³/mol. The number of amides is 1. The van der Waals surface area contributed by atoms with Crippen LogP contribution in [0, 0.1) is 0 Å². The van der Waals surface area contributed by atoms with Gasteiger partial charge in [-0.25, -0.2) is 4.98 Å². The molecule has 2 aromatic heterocycles. The van der Waals surface area contributed by atoms with Gasteiger partial charge in [0, 0.05) is 29.5 Å². The van der Waals surface area contributed by atoms with Crippen molar-refractivity contribution < 1.29 is 14.3 Å². The fourth-order valence-electron chi connectivity index (χ4n) is 4.09. The first-order valence-electron chi connectivity index (χ1n) is 12.2. The second-order valence-electron chi connectivity index (χ2n) is 8.50. The number of carbonyl (C=O) groups is 2. The normalized spacial score (nSPS) is 11.0. The van der Waals surface area contributed by atoms with E-state index >= 15 is 0 Å². The molecule has 1 amide bonds. The Labute approximate surface area is 227 Å². The lowest BCUT2D eigenvalue weighted by atomic mass is 10.1. The minimum absolute atomic E-state index is 0.0600. The average Bonchev–Trinajstić information content (AvgIpc) is 3.38. The number of aromatic nitrogens is 2. The summed E-state index contributed by atoms with van der Waals surface area (Å²) >= 11 is 4.84. The van der Waals surface area contributed by atoms with E-state index in [9.17, 15) is 14.4 Å². The average molecular weight is 583 g/mol. The fraction of sp³-hybridized carbons (Fsp3) is 0.286. The van der Waals surface area contributed by atoms with E-state index in [2.05, 4.69) is 15.9 Å². The van der Waals surface area contributed by atoms with E-state index in [4.69, 9.17) is 9.72 Å². The second kappa shape index (κ2) is 12.8. The van der Waals surface area contributed by atoms with Crippen LogP contribution >= 0.6 is 27.3 Å². The van der Waals surface area contributed by atoms with Crippen molar-refractivity contribution in [2.75, 3.05) is 19.7 Å². The number of benzene rings is 2. The summed E-state index contributed by atoms with van der Waals surface area (Å²) in [4.78, 5) is 45.7. The van der Waals surface area contributed by atoms with Crippen LogP contribution in [0.4, 0.5) is 0 Å². The van der Waals surface area contributed by atoms with Crippen LogP contribution in [-0.4, -0.2) is 46.0 Å². The highest BCUT2D eigenvalue weighted by molar-refractivity contribution is 9.10. The molecular weight excluding hydrogens is 554 g/mol. The highest BCUT2D eigenvalue weighted by Crippen LogP contribution is 2.18. The monoisotopic (exact) mass is 581 g/mol. The Morgan fingerprint density at radius 2 is 1.81 bits per heavy atom. The van der Waals surface area contributed by atoms with Crippen molar-refractivity contribution in [3.63, 3.8) is 0 Å². The van der Waals surface area contributed by atoms with Gasteiger partial charge in [-0.15, -0.1) is 11.3 Å². The molecule has 192 valence electrons. The molecule has 4 rings (SSSR count). The number of ether oxygens (including phenoxy) is 1. The first kappa shape index (κ1) is 26.8. The Kier molecular flexibility index (Phi) is 9.24. The van der Waals surface area contributed by atoms with Crippen molar-refractivity contribution in [2.24, 2.45) is 0 Å². The van der Waals surface area contributed by atoms with E-state index < -0.39 is 0 Å². The molecule has 7 nitrogen and oxygen atoms in total. The highest BCUT2D eigenvalue weighted by Gasteiger charge is 2.19. The molecule has 0 radical (unpaired) electrons. The van der Waals surface area contributed by atoms with Gasteiger partial charge in [-0.3, -0.25) is 19.0 Å². The minimum Gasteiger partial charge on any atom is -0.466 e. The van der Waals surface area contributed by atoms with E-state index in [0.717, 1.165) is 14.9 Å². The van der Waals surface area contributed by atoms with Gasteiger partial charge in [0.25, 0.3) is 11.5 Å². The number of fused-ring (bicyclic) bond motifs is 1. The van der Waals surface area contributed by atoms with Gasteiger partial charge < -0.3 is 9.64 Å². The molecule has 4 aromatic rings. The van der Waals surface area contributed by atoms with Gasteiger partial charge in [-0.2, -0.15) is 0 Å². The Morgan fingerprint density at radius 3 is 2.54 bits per heavy atom. The Bertz CT molecular complexity index is 1420. The number of thiophene rings is 1. The third-order valence-electron chi connectivity index (χ3n) is 5.94. The molecule has 0 aliphatic carbocycles. The molecule has 0 fully saturated rings. The van der Waals surface area contributed by atoms with Crippen molar-refractivity contribution in [2.45, 2.75) is 32.7 Å². The SMILES string of the molecule is CCOC(=O)CCN(CCCc1nc2sccc2c(=O)n1Cc1ccccc1)C(=O)c1ccc(Br)cc1. The molecule has 0 saturated carbocycles. The Morgan fingerprint density at radius 1 is 1.05 bits per heavy atom. The summed E-state index contributed by atoms with van der Waals surface area (Å²) in [6.45, 7) is 3.16. The summed E-state index contributed by atoms with van der Waals surface area (Å²) in [5.41, 5.74) is 1.50. The lowest BCUT2D eigenvalue weighted by molar-refractivity contribution is -0.143. The molecule has 37 heavy (non-hydrogen) atoms. The second-order valence-corrected chi connectivity index (χ2v) is 10.3. The number of rotatable bonds is 11. The maximum Gasteiger partial charge on any atom is 0.307 e. The molecule has 0 aliphatic heterocycles. The zero-order chi connectivity index (χ0) is 26.2. The van der Waals surface area contributed by atoms with Gasteiger partial charge in [-0.05, 0) is 54.6 Å². The van der Waals surface area contributed by atoms with Gasteiger partial charge in [0.15, 0.2) is 0 Å². The van der Waals surface area contributed by atoms with Gasteiger partial charge in [0.05, 0.1) is 25.0 Å². The van der Waals surface area contributed by atoms with Crippen LogP contribution in [0.5, 0.6) is 0 Å². The fourth-order valence-corrected chi connectivity index (χ4v) is 5.13.